The molecule has 3 heterocycles. The van der Waals surface area contributed by atoms with E-state index < -0.39 is 0 Å². The number of phenols is 1. The highest BCUT2D eigenvalue weighted by atomic mass is 32.1. The summed E-state index contributed by atoms with van der Waals surface area (Å²) >= 11 is 5.81. The number of ether oxygens (including phenoxy) is 1. The maximum absolute atomic E-state index is 9.74. The van der Waals surface area contributed by atoms with Crippen molar-refractivity contribution in [2.75, 3.05) is 7.11 Å². The third-order valence-electron chi connectivity index (χ3n) is 5.92. The van der Waals surface area contributed by atoms with Gasteiger partial charge in [-0.05, 0) is 78.4 Å². The fourth-order valence-electron chi connectivity index (χ4n) is 4.31. The van der Waals surface area contributed by atoms with Crippen LogP contribution in [0.1, 0.15) is 29.0 Å². The standard InChI is InChI=1S/C26H24N4O2S/c1-32-21-13-7-18(8-14-21)17-30-25(24(28-26(30)33)22-5-2-3-15-27-22)23-6-4-16-29(23)19-9-11-20(31)12-10-19/h2-16,24-25,31H,17H2,1H3,(H,28,33)/t24-,25+/m0/s1. The molecule has 33 heavy (non-hydrogen) atoms. The summed E-state index contributed by atoms with van der Waals surface area (Å²) in [4.78, 5) is 6.84. The molecule has 0 aliphatic carbocycles. The lowest BCUT2D eigenvalue weighted by Crippen LogP contribution is -2.30. The van der Waals surface area contributed by atoms with Gasteiger partial charge in [0.15, 0.2) is 5.11 Å². The van der Waals surface area contributed by atoms with Gasteiger partial charge in [0.2, 0.25) is 0 Å². The average molecular weight is 457 g/mol. The molecule has 0 bridgehead atoms. The van der Waals surface area contributed by atoms with Gasteiger partial charge in [0.1, 0.15) is 11.5 Å². The Kier molecular flexibility index (Phi) is 5.71. The molecule has 0 unspecified atom stereocenters. The van der Waals surface area contributed by atoms with Crippen molar-refractivity contribution in [2.24, 2.45) is 0 Å². The maximum Gasteiger partial charge on any atom is 0.170 e. The number of pyridine rings is 1. The molecule has 2 aromatic heterocycles. The van der Waals surface area contributed by atoms with Crippen molar-refractivity contribution in [3.63, 3.8) is 0 Å². The van der Waals surface area contributed by atoms with E-state index in [4.69, 9.17) is 17.0 Å². The van der Waals surface area contributed by atoms with Crippen LogP contribution < -0.4 is 10.1 Å². The number of nitrogens with zero attached hydrogens (tertiary/aromatic N) is 3. The van der Waals surface area contributed by atoms with Crippen LogP contribution in [0, 0.1) is 0 Å². The molecular formula is C26H24N4O2S. The Morgan fingerprint density at radius 2 is 1.79 bits per heavy atom. The Bertz CT molecular complexity index is 1240. The lowest BCUT2D eigenvalue weighted by Gasteiger charge is -2.29. The summed E-state index contributed by atoms with van der Waals surface area (Å²) in [5, 5.41) is 13.9. The highest BCUT2D eigenvalue weighted by molar-refractivity contribution is 7.80. The van der Waals surface area contributed by atoms with Gasteiger partial charge in [0, 0.05) is 30.3 Å². The minimum absolute atomic E-state index is 0.0849. The molecule has 166 valence electrons. The molecule has 6 nitrogen and oxygen atoms in total. The Labute approximate surface area is 198 Å². The Morgan fingerprint density at radius 3 is 2.48 bits per heavy atom. The van der Waals surface area contributed by atoms with Crippen molar-refractivity contribution >= 4 is 17.3 Å². The average Bonchev–Trinajstić information content (AvgIpc) is 3.45. The molecule has 5 rings (SSSR count). The highest BCUT2D eigenvalue weighted by Crippen LogP contribution is 2.40. The smallest absolute Gasteiger partial charge is 0.170 e. The zero-order valence-corrected chi connectivity index (χ0v) is 18.9. The van der Waals surface area contributed by atoms with Crippen LogP contribution >= 0.6 is 12.2 Å². The van der Waals surface area contributed by atoms with Gasteiger partial charge >= 0.3 is 0 Å². The van der Waals surface area contributed by atoms with E-state index in [9.17, 15) is 5.11 Å². The Hall–Kier alpha value is -3.84. The first-order valence-corrected chi connectivity index (χ1v) is 11.1. The van der Waals surface area contributed by atoms with Crippen molar-refractivity contribution in [2.45, 2.75) is 18.6 Å². The zero-order valence-electron chi connectivity index (χ0n) is 18.1. The van der Waals surface area contributed by atoms with Crippen molar-refractivity contribution in [3.8, 4) is 17.2 Å². The number of aromatic hydroxyl groups is 1. The number of benzene rings is 2. The highest BCUT2D eigenvalue weighted by Gasteiger charge is 2.41. The fraction of sp³-hybridized carbons (Fsp3) is 0.154. The second-order valence-corrected chi connectivity index (χ2v) is 8.31. The van der Waals surface area contributed by atoms with Crippen molar-refractivity contribution in [3.05, 3.63) is 108 Å². The van der Waals surface area contributed by atoms with Gasteiger partial charge in [-0.3, -0.25) is 4.98 Å². The summed E-state index contributed by atoms with van der Waals surface area (Å²) in [7, 11) is 1.67. The normalized spacial score (nSPS) is 17.7. The number of hydrogen-bond donors (Lipinski definition) is 2. The summed E-state index contributed by atoms with van der Waals surface area (Å²) < 4.78 is 7.44. The topological polar surface area (TPSA) is 62.5 Å². The van der Waals surface area contributed by atoms with E-state index in [0.29, 0.717) is 11.7 Å². The summed E-state index contributed by atoms with van der Waals surface area (Å²) in [5.74, 6) is 1.06. The molecule has 0 saturated carbocycles. The maximum atomic E-state index is 9.74. The number of nitrogens with one attached hydrogen (secondary N) is 1. The fourth-order valence-corrected chi connectivity index (χ4v) is 4.61. The van der Waals surface area contributed by atoms with Gasteiger partial charge in [0.25, 0.3) is 0 Å². The predicted molar refractivity (Wildman–Crippen MR) is 131 cm³/mol. The molecule has 1 aliphatic rings. The number of methoxy groups -OCH3 is 1. The molecule has 0 amide bonds. The first-order chi connectivity index (χ1) is 16.1. The number of hydrogen-bond acceptors (Lipinski definition) is 4. The van der Waals surface area contributed by atoms with E-state index in [1.54, 1.807) is 19.2 Å². The molecule has 0 spiro atoms. The molecule has 7 heteroatoms. The molecule has 2 aromatic carbocycles. The van der Waals surface area contributed by atoms with Gasteiger partial charge in [-0.25, -0.2) is 0 Å². The van der Waals surface area contributed by atoms with E-state index in [2.05, 4.69) is 38.0 Å². The Morgan fingerprint density at radius 1 is 1.00 bits per heavy atom. The lowest BCUT2D eigenvalue weighted by atomic mass is 10.0. The molecular weight excluding hydrogens is 432 g/mol. The molecule has 0 radical (unpaired) electrons. The van der Waals surface area contributed by atoms with Crippen LogP contribution in [0.2, 0.25) is 0 Å². The van der Waals surface area contributed by atoms with Crippen LogP contribution in [0.15, 0.2) is 91.3 Å². The van der Waals surface area contributed by atoms with Crippen molar-refractivity contribution in [1.29, 1.82) is 0 Å². The van der Waals surface area contributed by atoms with Crippen LogP contribution in [0.3, 0.4) is 0 Å². The van der Waals surface area contributed by atoms with Gasteiger partial charge in [-0.1, -0.05) is 18.2 Å². The molecule has 1 saturated heterocycles. The number of thiocarbonyl (C=S) groups is 1. The minimum Gasteiger partial charge on any atom is -0.508 e. The quantitative estimate of drug-likeness (QED) is 0.408. The van der Waals surface area contributed by atoms with Crippen LogP contribution in [0.4, 0.5) is 0 Å². The summed E-state index contributed by atoms with van der Waals surface area (Å²) in [6, 6.07) is 25.1. The second kappa shape index (κ2) is 8.96. The largest absolute Gasteiger partial charge is 0.508 e. The van der Waals surface area contributed by atoms with Crippen LogP contribution in [-0.2, 0) is 6.54 Å². The second-order valence-electron chi connectivity index (χ2n) is 7.92. The molecule has 4 aromatic rings. The number of rotatable bonds is 6. The molecule has 1 fully saturated rings. The predicted octanol–water partition coefficient (Wildman–Crippen LogP) is 4.76. The zero-order chi connectivity index (χ0) is 22.8. The van der Waals surface area contributed by atoms with Gasteiger partial charge in [0.05, 0.1) is 24.9 Å². The van der Waals surface area contributed by atoms with Crippen LogP contribution in [0.5, 0.6) is 11.5 Å². The lowest BCUT2D eigenvalue weighted by molar-refractivity contribution is 0.302. The summed E-state index contributed by atoms with van der Waals surface area (Å²) in [6.07, 6.45) is 3.84. The third-order valence-corrected chi connectivity index (χ3v) is 6.27. The summed E-state index contributed by atoms with van der Waals surface area (Å²) in [5.41, 5.74) is 4.11. The molecule has 1 aliphatic heterocycles. The van der Waals surface area contributed by atoms with Crippen molar-refractivity contribution < 1.29 is 9.84 Å². The van der Waals surface area contributed by atoms with Crippen molar-refractivity contribution in [1.82, 2.24) is 19.8 Å². The number of aromatic nitrogens is 2. The van der Waals surface area contributed by atoms with Gasteiger partial charge in [-0.15, -0.1) is 0 Å². The van der Waals surface area contributed by atoms with E-state index in [0.717, 1.165) is 28.4 Å². The van der Waals surface area contributed by atoms with E-state index in [1.165, 1.54) is 0 Å². The Balaban J connectivity index is 1.57. The first-order valence-electron chi connectivity index (χ1n) is 10.7. The van der Waals surface area contributed by atoms with E-state index >= 15 is 0 Å². The molecule has 2 atom stereocenters. The molecule has 2 N–H and O–H groups in total. The van der Waals surface area contributed by atoms with Crippen LogP contribution in [0.25, 0.3) is 5.69 Å². The van der Waals surface area contributed by atoms with Gasteiger partial charge < -0.3 is 24.6 Å². The third kappa shape index (κ3) is 4.15. The SMILES string of the molecule is COc1ccc(CN2C(=S)N[C@@H](c3ccccn3)[C@H]2c2cccn2-c2ccc(O)cc2)cc1. The van der Waals surface area contributed by atoms with E-state index in [-0.39, 0.29) is 17.8 Å². The van der Waals surface area contributed by atoms with Gasteiger partial charge in [-0.2, -0.15) is 0 Å². The minimum atomic E-state index is -0.109. The summed E-state index contributed by atoms with van der Waals surface area (Å²) in [6.45, 7) is 0.643. The first kappa shape index (κ1) is 21.0. The monoisotopic (exact) mass is 456 g/mol. The van der Waals surface area contributed by atoms with Crippen LogP contribution in [-0.4, -0.2) is 31.8 Å². The van der Waals surface area contributed by atoms with E-state index in [1.807, 2.05) is 60.9 Å². The number of phenolic OH excluding ortho intramolecular Hbond substituents is 1.